The molecule has 0 bridgehead atoms. The molecule has 0 radical (unpaired) electrons. The molecular weight excluding hydrogens is 490 g/mol. The second kappa shape index (κ2) is 14.7. The van der Waals surface area contributed by atoms with E-state index < -0.39 is 54.2 Å². The number of rotatable bonds is 12. The van der Waals surface area contributed by atoms with Crippen molar-refractivity contribution in [1.29, 1.82) is 0 Å². The van der Waals surface area contributed by atoms with Gasteiger partial charge in [0, 0.05) is 6.04 Å². The third kappa shape index (κ3) is 10.3. The first-order valence-corrected chi connectivity index (χ1v) is 12.9. The summed E-state index contributed by atoms with van der Waals surface area (Å²) in [6, 6.07) is 2.64. The molecule has 0 spiro atoms. The van der Waals surface area contributed by atoms with Gasteiger partial charge in [-0.05, 0) is 71.4 Å². The number of carbonyl (C=O) groups excluding carboxylic acids is 4. The van der Waals surface area contributed by atoms with Gasteiger partial charge < -0.3 is 30.1 Å². The summed E-state index contributed by atoms with van der Waals surface area (Å²) in [5, 5.41) is 15.1. The SMILES string of the molecule is COC(=O)CNC(=O)C(c1cc(C)ccc1C)N(C(=O)C(CO)NC(=O)OC(C)(C)C)C(C)CCC(C)C. The summed E-state index contributed by atoms with van der Waals surface area (Å²) in [5.74, 6) is -1.52. The lowest BCUT2D eigenvalue weighted by molar-refractivity contribution is -0.147. The third-order valence-corrected chi connectivity index (χ3v) is 5.95. The van der Waals surface area contributed by atoms with E-state index in [1.54, 1.807) is 20.8 Å². The van der Waals surface area contributed by atoms with Gasteiger partial charge in [-0.25, -0.2) is 4.79 Å². The summed E-state index contributed by atoms with van der Waals surface area (Å²) >= 11 is 0. The van der Waals surface area contributed by atoms with Crippen molar-refractivity contribution in [2.45, 2.75) is 92.0 Å². The quantitative estimate of drug-likeness (QED) is 0.350. The van der Waals surface area contributed by atoms with Crippen LogP contribution in [0, 0.1) is 19.8 Å². The average Bonchev–Trinajstić information content (AvgIpc) is 2.82. The van der Waals surface area contributed by atoms with Crippen molar-refractivity contribution in [2.24, 2.45) is 5.92 Å². The van der Waals surface area contributed by atoms with Crippen LogP contribution in [0.1, 0.15) is 77.1 Å². The number of carbonyl (C=O) groups is 4. The van der Waals surface area contributed by atoms with Gasteiger partial charge in [0.1, 0.15) is 24.2 Å². The number of nitrogens with one attached hydrogen (secondary N) is 2. The summed E-state index contributed by atoms with van der Waals surface area (Å²) < 4.78 is 9.94. The highest BCUT2D eigenvalue weighted by Gasteiger charge is 2.39. The topological polar surface area (TPSA) is 134 Å². The van der Waals surface area contributed by atoms with Crippen LogP contribution in [-0.2, 0) is 23.9 Å². The second-order valence-corrected chi connectivity index (χ2v) is 11.0. The molecule has 3 amide bonds. The molecule has 0 fully saturated rings. The molecule has 0 heterocycles. The van der Waals surface area contributed by atoms with Crippen molar-refractivity contribution in [3.8, 4) is 0 Å². The van der Waals surface area contributed by atoms with Crippen molar-refractivity contribution in [2.75, 3.05) is 20.3 Å². The normalized spacial score (nSPS) is 13.8. The fourth-order valence-electron chi connectivity index (χ4n) is 3.93. The molecule has 38 heavy (non-hydrogen) atoms. The van der Waals surface area contributed by atoms with Crippen molar-refractivity contribution in [3.63, 3.8) is 0 Å². The van der Waals surface area contributed by atoms with Crippen LogP contribution >= 0.6 is 0 Å². The Kier molecular flexibility index (Phi) is 12.7. The number of hydrogen-bond donors (Lipinski definition) is 3. The minimum atomic E-state index is -1.35. The molecule has 10 nitrogen and oxygen atoms in total. The number of nitrogens with zero attached hydrogens (tertiary/aromatic N) is 1. The van der Waals surface area contributed by atoms with E-state index in [0.717, 1.165) is 17.5 Å². The first kappa shape index (κ1) is 32.9. The molecule has 0 aliphatic rings. The zero-order valence-corrected chi connectivity index (χ0v) is 24.2. The Hall–Kier alpha value is -3.14. The Morgan fingerprint density at radius 1 is 1.05 bits per heavy atom. The summed E-state index contributed by atoms with van der Waals surface area (Å²) in [6.45, 7) is 13.6. The summed E-state index contributed by atoms with van der Waals surface area (Å²) in [4.78, 5) is 53.3. The molecule has 0 aliphatic carbocycles. The van der Waals surface area contributed by atoms with Crippen molar-refractivity contribution in [1.82, 2.24) is 15.5 Å². The number of alkyl carbamates (subject to hydrolysis) is 1. The predicted octanol–water partition coefficient (Wildman–Crippen LogP) is 3.17. The van der Waals surface area contributed by atoms with Crippen molar-refractivity contribution < 1.29 is 33.8 Å². The largest absolute Gasteiger partial charge is 0.468 e. The fraction of sp³-hybridized carbons (Fsp3) is 0.643. The van der Waals surface area contributed by atoms with Gasteiger partial charge in [0.2, 0.25) is 11.8 Å². The molecule has 3 N–H and O–H groups in total. The van der Waals surface area contributed by atoms with Crippen LogP contribution in [0.15, 0.2) is 18.2 Å². The van der Waals surface area contributed by atoms with E-state index in [0.29, 0.717) is 17.9 Å². The molecule has 3 atom stereocenters. The number of ether oxygens (including phenoxy) is 2. The van der Waals surface area contributed by atoms with E-state index in [-0.39, 0.29) is 6.54 Å². The lowest BCUT2D eigenvalue weighted by Gasteiger charge is -2.39. The number of amides is 3. The van der Waals surface area contributed by atoms with E-state index in [2.05, 4.69) is 29.2 Å². The van der Waals surface area contributed by atoms with E-state index >= 15 is 0 Å². The number of methoxy groups -OCH3 is 1. The number of aryl methyl sites for hydroxylation is 2. The minimum absolute atomic E-state index is 0.343. The number of aliphatic hydroxyl groups excluding tert-OH is 1. The highest BCUT2D eigenvalue weighted by molar-refractivity contribution is 5.93. The van der Waals surface area contributed by atoms with E-state index in [9.17, 15) is 24.3 Å². The van der Waals surface area contributed by atoms with Crippen LogP contribution < -0.4 is 10.6 Å². The summed E-state index contributed by atoms with van der Waals surface area (Å²) in [6.07, 6.45) is 0.482. The minimum Gasteiger partial charge on any atom is -0.468 e. The maximum absolute atomic E-state index is 14.0. The first-order valence-electron chi connectivity index (χ1n) is 12.9. The molecule has 0 saturated carbocycles. The molecule has 214 valence electrons. The molecular formula is C28H45N3O7. The first-order chi connectivity index (χ1) is 17.6. The van der Waals surface area contributed by atoms with Crippen LogP contribution in [0.3, 0.4) is 0 Å². The van der Waals surface area contributed by atoms with E-state index in [1.165, 1.54) is 12.0 Å². The van der Waals surface area contributed by atoms with E-state index in [1.807, 2.05) is 39.0 Å². The standard InChI is InChI=1S/C28H45N3O7/c1-17(2)10-13-20(5)31(26(35)22(16-32)30-27(36)38-28(6,7)8)24(25(34)29-15-23(33)37-9)21-14-18(3)11-12-19(21)4/h11-12,14,17,20,22,24,32H,10,13,15-16H2,1-9H3,(H,29,34)(H,30,36). The number of hydrogen-bond acceptors (Lipinski definition) is 7. The lowest BCUT2D eigenvalue weighted by atomic mass is 9.93. The Morgan fingerprint density at radius 3 is 2.21 bits per heavy atom. The predicted molar refractivity (Wildman–Crippen MR) is 144 cm³/mol. The maximum Gasteiger partial charge on any atom is 0.408 e. The second-order valence-electron chi connectivity index (χ2n) is 11.0. The van der Waals surface area contributed by atoms with Crippen LogP contribution in [0.2, 0.25) is 0 Å². The summed E-state index contributed by atoms with van der Waals surface area (Å²) in [7, 11) is 1.22. The van der Waals surface area contributed by atoms with Crippen molar-refractivity contribution in [3.05, 3.63) is 34.9 Å². The summed E-state index contributed by atoms with van der Waals surface area (Å²) in [5.41, 5.74) is 1.41. The van der Waals surface area contributed by atoms with Gasteiger partial charge in [-0.15, -0.1) is 0 Å². The molecule has 10 heteroatoms. The van der Waals surface area contributed by atoms with Gasteiger partial charge in [-0.2, -0.15) is 0 Å². The highest BCUT2D eigenvalue weighted by Crippen LogP contribution is 2.30. The zero-order chi connectivity index (χ0) is 29.2. The van der Waals surface area contributed by atoms with Crippen LogP contribution in [0.5, 0.6) is 0 Å². The molecule has 3 unspecified atom stereocenters. The number of benzene rings is 1. The molecule has 0 saturated heterocycles. The van der Waals surface area contributed by atoms with Crippen LogP contribution in [0.4, 0.5) is 4.79 Å². The van der Waals surface area contributed by atoms with Gasteiger partial charge >= 0.3 is 12.1 Å². The van der Waals surface area contributed by atoms with E-state index in [4.69, 9.17) is 4.74 Å². The van der Waals surface area contributed by atoms with Gasteiger partial charge in [-0.3, -0.25) is 14.4 Å². The smallest absolute Gasteiger partial charge is 0.408 e. The molecule has 1 aromatic rings. The Balaban J connectivity index is 3.61. The molecule has 1 rings (SSSR count). The number of aliphatic hydroxyl groups is 1. The van der Waals surface area contributed by atoms with Gasteiger partial charge in [0.25, 0.3) is 0 Å². The number of esters is 1. The molecule has 0 aliphatic heterocycles. The Labute approximate surface area is 226 Å². The zero-order valence-electron chi connectivity index (χ0n) is 24.2. The van der Waals surface area contributed by atoms with Crippen LogP contribution in [0.25, 0.3) is 0 Å². The van der Waals surface area contributed by atoms with Gasteiger partial charge in [-0.1, -0.05) is 37.6 Å². The Morgan fingerprint density at radius 2 is 1.68 bits per heavy atom. The average molecular weight is 536 g/mol. The molecule has 1 aromatic carbocycles. The van der Waals surface area contributed by atoms with Crippen molar-refractivity contribution >= 4 is 23.9 Å². The highest BCUT2D eigenvalue weighted by atomic mass is 16.6. The fourth-order valence-corrected chi connectivity index (χ4v) is 3.93. The third-order valence-electron chi connectivity index (χ3n) is 5.95. The monoisotopic (exact) mass is 535 g/mol. The van der Waals surface area contributed by atoms with Gasteiger partial charge in [0.05, 0.1) is 13.7 Å². The van der Waals surface area contributed by atoms with Crippen LogP contribution in [-0.4, -0.2) is 71.8 Å². The Bertz CT molecular complexity index is 972. The maximum atomic E-state index is 14.0. The van der Waals surface area contributed by atoms with Gasteiger partial charge in [0.15, 0.2) is 0 Å². The molecule has 0 aromatic heterocycles. The lowest BCUT2D eigenvalue weighted by Crippen LogP contribution is -2.57.